The van der Waals surface area contributed by atoms with Crippen LogP contribution in [0.1, 0.15) is 32.6 Å². The van der Waals surface area contributed by atoms with Crippen molar-refractivity contribution in [2.75, 3.05) is 33.3 Å². The summed E-state index contributed by atoms with van der Waals surface area (Å²) in [6, 6.07) is 0.716. The lowest BCUT2D eigenvalue weighted by molar-refractivity contribution is -0.000454. The summed E-state index contributed by atoms with van der Waals surface area (Å²) in [5.74, 6) is 0.918. The molecule has 2 unspecified atom stereocenters. The van der Waals surface area contributed by atoms with Crippen molar-refractivity contribution in [1.82, 2.24) is 10.2 Å². The number of nitrogens with one attached hydrogen (secondary N) is 1. The van der Waals surface area contributed by atoms with E-state index in [9.17, 15) is 0 Å². The fourth-order valence-electron chi connectivity index (χ4n) is 3.02. The molecule has 1 heterocycles. The minimum absolute atomic E-state index is 0.391. The maximum atomic E-state index is 5.76. The molecule has 94 valence electrons. The van der Waals surface area contributed by atoms with E-state index in [1.165, 1.54) is 25.7 Å². The van der Waals surface area contributed by atoms with Crippen LogP contribution in [0.25, 0.3) is 0 Å². The van der Waals surface area contributed by atoms with Gasteiger partial charge in [0, 0.05) is 25.7 Å². The molecule has 2 rings (SSSR count). The van der Waals surface area contributed by atoms with Gasteiger partial charge in [0.25, 0.3) is 0 Å². The van der Waals surface area contributed by atoms with Crippen LogP contribution >= 0.6 is 0 Å². The second-order valence-electron chi connectivity index (χ2n) is 5.42. The van der Waals surface area contributed by atoms with E-state index in [4.69, 9.17) is 4.74 Å². The van der Waals surface area contributed by atoms with Crippen molar-refractivity contribution in [3.8, 4) is 0 Å². The van der Waals surface area contributed by atoms with Gasteiger partial charge in [0.15, 0.2) is 0 Å². The van der Waals surface area contributed by atoms with Gasteiger partial charge in [0.05, 0.1) is 12.7 Å². The molecule has 2 fully saturated rings. The van der Waals surface area contributed by atoms with Crippen LogP contribution < -0.4 is 5.32 Å². The Labute approximate surface area is 99.5 Å². The summed E-state index contributed by atoms with van der Waals surface area (Å²) in [5.41, 5.74) is 0. The van der Waals surface area contributed by atoms with Crippen LogP contribution in [0, 0.1) is 5.92 Å². The van der Waals surface area contributed by atoms with Crippen molar-refractivity contribution in [2.45, 2.75) is 44.8 Å². The first kappa shape index (κ1) is 12.3. The Balaban J connectivity index is 1.74. The minimum Gasteiger partial charge on any atom is -0.374 e. The Morgan fingerprint density at radius 1 is 1.38 bits per heavy atom. The van der Waals surface area contributed by atoms with Crippen LogP contribution in [-0.2, 0) is 4.74 Å². The van der Waals surface area contributed by atoms with Crippen LogP contribution in [0.2, 0.25) is 0 Å². The maximum Gasteiger partial charge on any atom is 0.0826 e. The fraction of sp³-hybridized carbons (Fsp3) is 1.00. The van der Waals surface area contributed by atoms with E-state index >= 15 is 0 Å². The summed E-state index contributed by atoms with van der Waals surface area (Å²) in [6.45, 7) is 6.35. The lowest BCUT2D eigenvalue weighted by Gasteiger charge is -2.34. The lowest BCUT2D eigenvalue weighted by atomic mass is 9.98. The van der Waals surface area contributed by atoms with Gasteiger partial charge in [0.1, 0.15) is 0 Å². The number of nitrogens with zero attached hydrogens (tertiary/aromatic N) is 1. The molecule has 2 atom stereocenters. The molecule has 1 aliphatic heterocycles. The lowest BCUT2D eigenvalue weighted by Crippen LogP contribution is -2.47. The van der Waals surface area contributed by atoms with Crippen LogP contribution in [0.15, 0.2) is 0 Å². The zero-order valence-electron chi connectivity index (χ0n) is 10.7. The van der Waals surface area contributed by atoms with Gasteiger partial charge in [-0.3, -0.25) is 0 Å². The van der Waals surface area contributed by atoms with E-state index < -0.39 is 0 Å². The van der Waals surface area contributed by atoms with E-state index in [1.807, 2.05) is 0 Å². The zero-order chi connectivity index (χ0) is 11.4. The summed E-state index contributed by atoms with van der Waals surface area (Å²) in [6.07, 6.45) is 6.11. The molecule has 2 aliphatic rings. The highest BCUT2D eigenvalue weighted by Gasteiger charge is 2.26. The van der Waals surface area contributed by atoms with Gasteiger partial charge in [-0.2, -0.15) is 0 Å². The molecule has 1 aliphatic carbocycles. The Hall–Kier alpha value is -0.120. The topological polar surface area (TPSA) is 24.5 Å². The molecule has 0 aromatic rings. The maximum absolute atomic E-state index is 5.76. The zero-order valence-corrected chi connectivity index (χ0v) is 10.7. The SMILES string of the molecule is CC(C1CCCC1)N(C)CC1CNCCO1. The second-order valence-corrected chi connectivity index (χ2v) is 5.42. The smallest absolute Gasteiger partial charge is 0.0826 e. The second kappa shape index (κ2) is 5.99. The fourth-order valence-corrected chi connectivity index (χ4v) is 3.02. The van der Waals surface area contributed by atoms with Crippen molar-refractivity contribution in [3.05, 3.63) is 0 Å². The number of ether oxygens (including phenoxy) is 1. The average Bonchev–Trinajstić information content (AvgIpc) is 2.83. The molecule has 0 aromatic heterocycles. The van der Waals surface area contributed by atoms with Gasteiger partial charge < -0.3 is 15.0 Å². The molecule has 3 heteroatoms. The van der Waals surface area contributed by atoms with Crippen LogP contribution in [-0.4, -0.2) is 50.3 Å². The molecule has 0 amide bonds. The number of likely N-dealkylation sites (N-methyl/N-ethyl adjacent to an activating group) is 1. The number of rotatable bonds is 4. The summed E-state index contributed by atoms with van der Waals surface area (Å²) in [4.78, 5) is 2.49. The average molecular weight is 226 g/mol. The molecule has 1 saturated heterocycles. The Bertz CT molecular complexity index is 198. The summed E-state index contributed by atoms with van der Waals surface area (Å²) in [7, 11) is 2.25. The Morgan fingerprint density at radius 3 is 2.75 bits per heavy atom. The summed E-state index contributed by atoms with van der Waals surface area (Å²) < 4.78 is 5.76. The molecule has 1 saturated carbocycles. The van der Waals surface area contributed by atoms with Gasteiger partial charge >= 0.3 is 0 Å². The highest BCUT2D eigenvalue weighted by atomic mass is 16.5. The third-order valence-electron chi connectivity index (χ3n) is 4.27. The summed E-state index contributed by atoms with van der Waals surface area (Å²) >= 11 is 0. The van der Waals surface area contributed by atoms with Crippen LogP contribution in [0.5, 0.6) is 0 Å². The van der Waals surface area contributed by atoms with Gasteiger partial charge in [-0.1, -0.05) is 12.8 Å². The first-order valence-corrected chi connectivity index (χ1v) is 6.80. The number of hydrogen-bond acceptors (Lipinski definition) is 3. The van der Waals surface area contributed by atoms with E-state index in [-0.39, 0.29) is 0 Å². The third-order valence-corrected chi connectivity index (χ3v) is 4.27. The molecular weight excluding hydrogens is 200 g/mol. The summed E-state index contributed by atoms with van der Waals surface area (Å²) in [5, 5.41) is 3.40. The van der Waals surface area contributed by atoms with Gasteiger partial charge in [-0.15, -0.1) is 0 Å². The largest absolute Gasteiger partial charge is 0.374 e. The normalized spacial score (nSPS) is 29.8. The molecule has 0 aromatic carbocycles. The van der Waals surface area contributed by atoms with Crippen molar-refractivity contribution >= 4 is 0 Å². The van der Waals surface area contributed by atoms with Gasteiger partial charge in [-0.25, -0.2) is 0 Å². The molecule has 16 heavy (non-hydrogen) atoms. The predicted molar refractivity (Wildman–Crippen MR) is 66.7 cm³/mol. The monoisotopic (exact) mass is 226 g/mol. The Morgan fingerprint density at radius 2 is 2.12 bits per heavy atom. The molecule has 1 N–H and O–H groups in total. The van der Waals surface area contributed by atoms with Crippen molar-refractivity contribution in [2.24, 2.45) is 5.92 Å². The molecule has 0 radical (unpaired) electrons. The van der Waals surface area contributed by atoms with E-state index in [2.05, 4.69) is 24.2 Å². The Kier molecular flexibility index (Phi) is 4.62. The van der Waals surface area contributed by atoms with E-state index in [0.29, 0.717) is 12.1 Å². The number of morpholine rings is 1. The third kappa shape index (κ3) is 3.19. The first-order valence-electron chi connectivity index (χ1n) is 6.80. The predicted octanol–water partition coefficient (Wildman–Crippen LogP) is 1.49. The van der Waals surface area contributed by atoms with Gasteiger partial charge in [0.2, 0.25) is 0 Å². The first-order chi connectivity index (χ1) is 7.77. The quantitative estimate of drug-likeness (QED) is 0.786. The minimum atomic E-state index is 0.391. The van der Waals surface area contributed by atoms with E-state index in [1.54, 1.807) is 0 Å². The molecular formula is C13H26N2O. The van der Waals surface area contributed by atoms with Crippen molar-refractivity contribution in [3.63, 3.8) is 0 Å². The highest BCUT2D eigenvalue weighted by Crippen LogP contribution is 2.29. The van der Waals surface area contributed by atoms with Crippen molar-refractivity contribution in [1.29, 1.82) is 0 Å². The molecule has 0 bridgehead atoms. The number of hydrogen-bond donors (Lipinski definition) is 1. The van der Waals surface area contributed by atoms with E-state index in [0.717, 1.165) is 32.2 Å². The van der Waals surface area contributed by atoms with Crippen molar-refractivity contribution < 1.29 is 4.74 Å². The molecule has 0 spiro atoms. The highest BCUT2D eigenvalue weighted by molar-refractivity contribution is 4.80. The van der Waals surface area contributed by atoms with Crippen LogP contribution in [0.3, 0.4) is 0 Å². The standard InChI is InChI=1S/C13H26N2O/c1-11(12-5-3-4-6-12)15(2)10-13-9-14-7-8-16-13/h11-14H,3-10H2,1-2H3. The van der Waals surface area contributed by atoms with Crippen LogP contribution in [0.4, 0.5) is 0 Å². The van der Waals surface area contributed by atoms with Gasteiger partial charge in [-0.05, 0) is 32.7 Å². The molecule has 3 nitrogen and oxygen atoms in total.